The van der Waals surface area contributed by atoms with Gasteiger partial charge in [0.25, 0.3) is 0 Å². The molecule has 2 atom stereocenters. The van der Waals surface area contributed by atoms with Crippen LogP contribution in [0.25, 0.3) is 0 Å². The van der Waals surface area contributed by atoms with Crippen molar-refractivity contribution in [2.45, 2.75) is 64.5 Å². The van der Waals surface area contributed by atoms with Crippen molar-refractivity contribution in [3.8, 4) is 0 Å². The summed E-state index contributed by atoms with van der Waals surface area (Å²) in [6.45, 7) is 5.51. The molecule has 0 aromatic heterocycles. The molecule has 1 amide bonds. The number of unbranched alkanes of at least 4 members (excludes halogenated alkanes) is 2. The van der Waals surface area contributed by atoms with E-state index < -0.39 is 0 Å². The van der Waals surface area contributed by atoms with E-state index in [9.17, 15) is 9.59 Å². The Labute approximate surface area is 122 Å². The first-order valence-electron chi connectivity index (χ1n) is 7.73. The second-order valence-electron chi connectivity index (χ2n) is 5.45. The van der Waals surface area contributed by atoms with E-state index in [4.69, 9.17) is 4.74 Å². The van der Waals surface area contributed by atoms with Crippen molar-refractivity contribution in [3.05, 3.63) is 0 Å². The largest absolute Gasteiger partial charge is 0.468 e. The average molecular weight is 284 g/mol. The second-order valence-corrected chi connectivity index (χ2v) is 5.45. The molecule has 1 fully saturated rings. The lowest BCUT2D eigenvalue weighted by Gasteiger charge is -2.37. The maximum Gasteiger partial charge on any atom is 0.323 e. The van der Waals surface area contributed by atoms with E-state index in [1.165, 1.54) is 7.11 Å². The van der Waals surface area contributed by atoms with Gasteiger partial charge in [0, 0.05) is 6.54 Å². The molecule has 5 heteroatoms. The van der Waals surface area contributed by atoms with E-state index in [1.54, 1.807) is 0 Å². The third-order valence-electron chi connectivity index (χ3n) is 3.97. The van der Waals surface area contributed by atoms with Crippen LogP contribution in [-0.4, -0.2) is 49.1 Å². The van der Waals surface area contributed by atoms with Crippen molar-refractivity contribution in [2.24, 2.45) is 0 Å². The van der Waals surface area contributed by atoms with Crippen LogP contribution in [0.2, 0.25) is 0 Å². The highest BCUT2D eigenvalue weighted by atomic mass is 16.5. The molecule has 0 aromatic carbocycles. The van der Waals surface area contributed by atoms with Crippen LogP contribution < -0.4 is 5.32 Å². The van der Waals surface area contributed by atoms with E-state index in [-0.39, 0.29) is 24.0 Å². The second kappa shape index (κ2) is 8.95. The number of carbonyl (C=O) groups excluding carboxylic acids is 2. The molecule has 1 aliphatic rings. The van der Waals surface area contributed by atoms with Gasteiger partial charge in [0.05, 0.1) is 13.2 Å². The Kier molecular flexibility index (Phi) is 7.59. The molecule has 1 unspecified atom stereocenters. The zero-order valence-corrected chi connectivity index (χ0v) is 13.0. The predicted octanol–water partition coefficient (Wildman–Crippen LogP) is 1.71. The van der Waals surface area contributed by atoms with E-state index in [1.807, 2.05) is 11.8 Å². The van der Waals surface area contributed by atoms with Gasteiger partial charge in [-0.15, -0.1) is 0 Å². The fraction of sp³-hybridized carbons (Fsp3) is 0.867. The van der Waals surface area contributed by atoms with Crippen LogP contribution in [0.1, 0.15) is 52.4 Å². The zero-order valence-electron chi connectivity index (χ0n) is 13.0. The van der Waals surface area contributed by atoms with Gasteiger partial charge in [-0.05, 0) is 32.7 Å². The van der Waals surface area contributed by atoms with Crippen LogP contribution in [0.4, 0.5) is 0 Å². The molecule has 1 saturated heterocycles. The molecule has 1 rings (SSSR count). The van der Waals surface area contributed by atoms with Crippen LogP contribution in [-0.2, 0) is 14.3 Å². The first-order chi connectivity index (χ1) is 9.61. The highest BCUT2D eigenvalue weighted by Crippen LogP contribution is 2.20. The Hall–Kier alpha value is -1.10. The van der Waals surface area contributed by atoms with E-state index in [2.05, 4.69) is 12.2 Å². The third-order valence-corrected chi connectivity index (χ3v) is 3.97. The van der Waals surface area contributed by atoms with Crippen molar-refractivity contribution in [1.29, 1.82) is 0 Å². The van der Waals surface area contributed by atoms with Gasteiger partial charge in [0.15, 0.2) is 0 Å². The predicted molar refractivity (Wildman–Crippen MR) is 78.4 cm³/mol. The molecule has 0 aliphatic carbocycles. The number of nitrogens with zero attached hydrogens (tertiary/aromatic N) is 1. The summed E-state index contributed by atoms with van der Waals surface area (Å²) in [4.78, 5) is 25.9. The van der Waals surface area contributed by atoms with Crippen LogP contribution in [0, 0.1) is 0 Å². The third kappa shape index (κ3) is 4.78. The fourth-order valence-corrected chi connectivity index (χ4v) is 2.69. The maximum absolute atomic E-state index is 12.2. The molecule has 0 spiro atoms. The van der Waals surface area contributed by atoms with Crippen molar-refractivity contribution in [3.63, 3.8) is 0 Å². The summed E-state index contributed by atoms with van der Waals surface area (Å²) in [6, 6.07) is -0.550. The van der Waals surface area contributed by atoms with Gasteiger partial charge < -0.3 is 10.1 Å². The lowest BCUT2D eigenvalue weighted by atomic mass is 10.00. The smallest absolute Gasteiger partial charge is 0.323 e. The molecule has 5 nitrogen and oxygen atoms in total. The van der Waals surface area contributed by atoms with Crippen molar-refractivity contribution in [2.75, 3.05) is 20.2 Å². The number of carbonyl (C=O) groups is 2. The SMILES string of the molecule is CCCCCNC(=O)C(C)N1CCCC[C@@H]1C(=O)OC. The Bertz CT molecular complexity index is 320. The van der Waals surface area contributed by atoms with Crippen LogP contribution >= 0.6 is 0 Å². The van der Waals surface area contributed by atoms with Crippen molar-refractivity contribution >= 4 is 11.9 Å². The Morgan fingerprint density at radius 1 is 1.35 bits per heavy atom. The zero-order chi connectivity index (χ0) is 15.0. The highest BCUT2D eigenvalue weighted by molar-refractivity contribution is 5.83. The number of nitrogens with one attached hydrogen (secondary N) is 1. The van der Waals surface area contributed by atoms with Crippen LogP contribution in [0.3, 0.4) is 0 Å². The first kappa shape index (κ1) is 17.0. The molecule has 1 N–H and O–H groups in total. The van der Waals surface area contributed by atoms with Gasteiger partial charge in [-0.1, -0.05) is 26.2 Å². The lowest BCUT2D eigenvalue weighted by Crippen LogP contribution is -2.54. The normalized spacial score (nSPS) is 21.2. The lowest BCUT2D eigenvalue weighted by molar-refractivity contribution is -0.150. The number of methoxy groups -OCH3 is 1. The molecule has 0 saturated carbocycles. The molecule has 1 aliphatic heterocycles. The summed E-state index contributed by atoms with van der Waals surface area (Å²) in [5.41, 5.74) is 0. The van der Waals surface area contributed by atoms with Gasteiger partial charge >= 0.3 is 5.97 Å². The quantitative estimate of drug-likeness (QED) is 0.571. The van der Waals surface area contributed by atoms with Crippen LogP contribution in [0.5, 0.6) is 0 Å². The number of ether oxygens (including phenoxy) is 1. The number of esters is 1. The highest BCUT2D eigenvalue weighted by Gasteiger charge is 2.34. The molecule has 20 heavy (non-hydrogen) atoms. The van der Waals surface area contributed by atoms with Crippen LogP contribution in [0.15, 0.2) is 0 Å². The molecule has 0 bridgehead atoms. The minimum absolute atomic E-state index is 0.0110. The first-order valence-corrected chi connectivity index (χ1v) is 7.73. The number of hydrogen-bond acceptors (Lipinski definition) is 4. The summed E-state index contributed by atoms with van der Waals surface area (Å²) in [6.07, 6.45) is 6.10. The minimum atomic E-state index is -0.277. The Morgan fingerprint density at radius 3 is 2.75 bits per heavy atom. The van der Waals surface area contributed by atoms with Gasteiger partial charge in [-0.2, -0.15) is 0 Å². The monoisotopic (exact) mass is 284 g/mol. The van der Waals surface area contributed by atoms with E-state index in [0.717, 1.165) is 45.1 Å². The summed E-state index contributed by atoms with van der Waals surface area (Å²) in [5.74, 6) is -0.216. The summed E-state index contributed by atoms with van der Waals surface area (Å²) in [7, 11) is 1.41. The molecular weight excluding hydrogens is 256 g/mol. The number of piperidine rings is 1. The molecular formula is C15H28N2O3. The summed E-state index contributed by atoms with van der Waals surface area (Å²) < 4.78 is 4.85. The Balaban J connectivity index is 2.51. The van der Waals surface area contributed by atoms with Gasteiger partial charge in [-0.25, -0.2) is 0 Å². The standard InChI is InChI=1S/C15H28N2O3/c1-4-5-7-10-16-14(18)12(2)17-11-8-6-9-13(17)15(19)20-3/h12-13H,4-11H2,1-3H3,(H,16,18)/t12?,13-/m1/s1. The van der Waals surface area contributed by atoms with Crippen molar-refractivity contribution < 1.29 is 14.3 Å². The van der Waals surface area contributed by atoms with Crippen molar-refractivity contribution in [1.82, 2.24) is 10.2 Å². The number of amides is 1. The van der Waals surface area contributed by atoms with E-state index in [0.29, 0.717) is 6.54 Å². The molecule has 1 heterocycles. The van der Waals surface area contributed by atoms with Gasteiger partial charge in [-0.3, -0.25) is 14.5 Å². The molecule has 0 aromatic rings. The van der Waals surface area contributed by atoms with Gasteiger partial charge in [0.2, 0.25) is 5.91 Å². The summed E-state index contributed by atoms with van der Waals surface area (Å²) in [5, 5.41) is 2.96. The average Bonchev–Trinajstić information content (AvgIpc) is 2.49. The number of hydrogen-bond donors (Lipinski definition) is 1. The molecule has 116 valence electrons. The fourth-order valence-electron chi connectivity index (χ4n) is 2.69. The maximum atomic E-state index is 12.2. The molecule has 0 radical (unpaired) electrons. The Morgan fingerprint density at radius 2 is 2.10 bits per heavy atom. The van der Waals surface area contributed by atoms with E-state index >= 15 is 0 Å². The summed E-state index contributed by atoms with van der Waals surface area (Å²) >= 11 is 0. The van der Waals surface area contributed by atoms with Gasteiger partial charge in [0.1, 0.15) is 6.04 Å². The number of rotatable bonds is 7. The topological polar surface area (TPSA) is 58.6 Å². The number of likely N-dealkylation sites (tertiary alicyclic amines) is 1. The minimum Gasteiger partial charge on any atom is -0.468 e.